The Hall–Kier alpha value is -3.18. The first-order valence-corrected chi connectivity index (χ1v) is 11.5. The number of carbonyl (C=O) groups excluding carboxylic acids is 1. The Balaban J connectivity index is 1.26. The molecule has 1 fully saturated rings. The van der Waals surface area contributed by atoms with Crippen LogP contribution < -0.4 is 4.74 Å². The molecule has 0 unspecified atom stereocenters. The highest BCUT2D eigenvalue weighted by atomic mass is 32.1. The highest BCUT2D eigenvalue weighted by Gasteiger charge is 2.27. The molecule has 5 heteroatoms. The maximum atomic E-state index is 13.0. The second-order valence-corrected chi connectivity index (χ2v) is 8.91. The Morgan fingerprint density at radius 3 is 2.65 bits per heavy atom. The number of fused-ring (bicyclic) bond motifs is 1. The Morgan fingerprint density at radius 1 is 1.00 bits per heavy atom. The van der Waals surface area contributed by atoms with Crippen molar-refractivity contribution in [3.05, 3.63) is 83.9 Å². The number of hydrogen-bond acceptors (Lipinski definition) is 4. The molecule has 1 aromatic heterocycles. The van der Waals surface area contributed by atoms with Gasteiger partial charge in [-0.2, -0.15) is 0 Å². The van der Waals surface area contributed by atoms with E-state index in [9.17, 15) is 4.79 Å². The Kier molecular flexibility index (Phi) is 5.67. The van der Waals surface area contributed by atoms with Crippen molar-refractivity contribution in [2.45, 2.75) is 18.8 Å². The van der Waals surface area contributed by atoms with Crippen LogP contribution in [0.5, 0.6) is 5.75 Å². The van der Waals surface area contributed by atoms with Gasteiger partial charge in [0.05, 0.1) is 15.2 Å². The molecule has 1 aliphatic heterocycles. The van der Waals surface area contributed by atoms with Crippen LogP contribution in [0.25, 0.3) is 21.3 Å². The van der Waals surface area contributed by atoms with Gasteiger partial charge >= 0.3 is 0 Å². The van der Waals surface area contributed by atoms with Crippen LogP contribution in [0.4, 0.5) is 0 Å². The topological polar surface area (TPSA) is 42.4 Å². The van der Waals surface area contributed by atoms with Crippen LogP contribution in [0.1, 0.15) is 23.8 Å². The first kappa shape index (κ1) is 19.8. The Labute approximate surface area is 186 Å². The third-order valence-electron chi connectivity index (χ3n) is 5.76. The summed E-state index contributed by atoms with van der Waals surface area (Å²) in [6, 6.07) is 26.2. The van der Waals surface area contributed by atoms with E-state index in [1.807, 2.05) is 59.5 Å². The lowest BCUT2D eigenvalue weighted by molar-refractivity contribution is -0.134. The molecule has 4 nitrogen and oxygen atoms in total. The second kappa shape index (κ2) is 8.90. The summed E-state index contributed by atoms with van der Waals surface area (Å²) in [5.74, 6) is 1.07. The summed E-state index contributed by atoms with van der Waals surface area (Å²) >= 11 is 1.75. The van der Waals surface area contributed by atoms with Crippen LogP contribution in [0, 0.1) is 0 Å². The van der Waals surface area contributed by atoms with E-state index >= 15 is 0 Å². The number of nitrogens with zero attached hydrogens (tertiary/aromatic N) is 2. The lowest BCUT2D eigenvalue weighted by Gasteiger charge is -2.31. The number of hydrogen-bond donors (Lipinski definition) is 0. The van der Waals surface area contributed by atoms with Gasteiger partial charge in [-0.25, -0.2) is 4.98 Å². The SMILES string of the molecule is O=C(COc1ccccc1-c1ccccc1)N1CCC[C@@H](c2nc3ccccc3s2)C1. The highest BCUT2D eigenvalue weighted by molar-refractivity contribution is 7.18. The summed E-state index contributed by atoms with van der Waals surface area (Å²) in [4.78, 5) is 19.7. The fourth-order valence-corrected chi connectivity index (χ4v) is 5.24. The fraction of sp³-hybridized carbons (Fsp3) is 0.231. The number of para-hydroxylation sites is 2. The van der Waals surface area contributed by atoms with Crippen molar-refractivity contribution in [3.8, 4) is 16.9 Å². The molecule has 0 radical (unpaired) electrons. The van der Waals surface area contributed by atoms with E-state index in [2.05, 4.69) is 24.3 Å². The molecular weight excluding hydrogens is 404 g/mol. The van der Waals surface area contributed by atoms with Crippen molar-refractivity contribution < 1.29 is 9.53 Å². The van der Waals surface area contributed by atoms with Gasteiger partial charge in [-0.15, -0.1) is 11.3 Å². The smallest absolute Gasteiger partial charge is 0.260 e. The number of likely N-dealkylation sites (tertiary alicyclic amines) is 1. The maximum Gasteiger partial charge on any atom is 0.260 e. The highest BCUT2D eigenvalue weighted by Crippen LogP contribution is 2.33. The Bertz CT molecular complexity index is 1160. The van der Waals surface area contributed by atoms with Gasteiger partial charge in [-0.3, -0.25) is 4.79 Å². The number of rotatable bonds is 5. The second-order valence-electron chi connectivity index (χ2n) is 7.85. The molecule has 5 rings (SSSR count). The molecule has 0 aliphatic carbocycles. The number of benzene rings is 3. The third-order valence-corrected chi connectivity index (χ3v) is 6.96. The number of amides is 1. The molecular formula is C26H24N2O2S. The normalized spacial score (nSPS) is 16.4. The standard InChI is InChI=1S/C26H24N2O2S/c29-25(18-30-23-14-6-4-12-21(23)19-9-2-1-3-10-19)28-16-8-11-20(17-28)26-27-22-13-5-7-15-24(22)31-26/h1-7,9-10,12-15,20H,8,11,16-18H2/t20-/m1/s1. The van der Waals surface area contributed by atoms with Gasteiger partial charge in [0.25, 0.3) is 5.91 Å². The largest absolute Gasteiger partial charge is 0.483 e. The molecule has 2 heterocycles. The Morgan fingerprint density at radius 2 is 1.77 bits per heavy atom. The van der Waals surface area contributed by atoms with Crippen LogP contribution in [-0.2, 0) is 4.79 Å². The minimum absolute atomic E-state index is 0.0358. The number of piperidine rings is 1. The summed E-state index contributed by atoms with van der Waals surface area (Å²) in [7, 11) is 0. The van der Waals surface area contributed by atoms with Crippen molar-refractivity contribution in [2.75, 3.05) is 19.7 Å². The van der Waals surface area contributed by atoms with Crippen molar-refractivity contribution in [1.82, 2.24) is 9.88 Å². The molecule has 1 saturated heterocycles. The number of thiazole rings is 1. The first-order chi connectivity index (χ1) is 15.3. The molecule has 1 amide bonds. The van der Waals surface area contributed by atoms with E-state index in [1.165, 1.54) is 4.70 Å². The van der Waals surface area contributed by atoms with Gasteiger partial charge in [0, 0.05) is 24.6 Å². The summed E-state index contributed by atoms with van der Waals surface area (Å²) in [6.45, 7) is 1.54. The zero-order chi connectivity index (χ0) is 21.0. The van der Waals surface area contributed by atoms with Crippen molar-refractivity contribution >= 4 is 27.5 Å². The van der Waals surface area contributed by atoms with Gasteiger partial charge in [0.1, 0.15) is 5.75 Å². The minimum atomic E-state index is 0.0358. The van der Waals surface area contributed by atoms with Crippen molar-refractivity contribution in [2.24, 2.45) is 0 Å². The lowest BCUT2D eigenvalue weighted by Crippen LogP contribution is -2.41. The summed E-state index contributed by atoms with van der Waals surface area (Å²) in [5.41, 5.74) is 3.13. The van der Waals surface area contributed by atoms with Gasteiger partial charge in [-0.05, 0) is 36.6 Å². The average molecular weight is 429 g/mol. The molecule has 0 spiro atoms. The van der Waals surface area contributed by atoms with E-state index in [-0.39, 0.29) is 12.5 Å². The van der Waals surface area contributed by atoms with E-state index in [0.29, 0.717) is 12.5 Å². The number of carbonyl (C=O) groups is 1. The molecule has 0 N–H and O–H groups in total. The van der Waals surface area contributed by atoms with Crippen LogP contribution in [0.3, 0.4) is 0 Å². The van der Waals surface area contributed by atoms with E-state index < -0.39 is 0 Å². The molecule has 3 aromatic carbocycles. The monoisotopic (exact) mass is 428 g/mol. The first-order valence-electron chi connectivity index (χ1n) is 10.7. The van der Waals surface area contributed by atoms with Crippen molar-refractivity contribution in [3.63, 3.8) is 0 Å². The van der Waals surface area contributed by atoms with Crippen LogP contribution in [0.15, 0.2) is 78.9 Å². The summed E-state index contributed by atoms with van der Waals surface area (Å²) in [6.07, 6.45) is 2.06. The number of aromatic nitrogens is 1. The zero-order valence-electron chi connectivity index (χ0n) is 17.2. The van der Waals surface area contributed by atoms with Crippen molar-refractivity contribution in [1.29, 1.82) is 0 Å². The lowest BCUT2D eigenvalue weighted by atomic mass is 9.98. The molecule has 156 valence electrons. The predicted molar refractivity (Wildman–Crippen MR) is 126 cm³/mol. The van der Waals surface area contributed by atoms with Gasteiger partial charge in [-0.1, -0.05) is 60.7 Å². The molecule has 4 aromatic rings. The molecule has 1 aliphatic rings. The molecule has 0 bridgehead atoms. The van der Waals surface area contributed by atoms with Crippen LogP contribution in [0.2, 0.25) is 0 Å². The quantitative estimate of drug-likeness (QED) is 0.407. The third kappa shape index (κ3) is 4.32. The molecule has 0 saturated carbocycles. The van der Waals surface area contributed by atoms with Gasteiger partial charge in [0.2, 0.25) is 0 Å². The van der Waals surface area contributed by atoms with Gasteiger partial charge < -0.3 is 9.64 Å². The maximum absolute atomic E-state index is 13.0. The molecule has 31 heavy (non-hydrogen) atoms. The number of ether oxygens (including phenoxy) is 1. The molecule has 1 atom stereocenters. The van der Waals surface area contributed by atoms with Crippen LogP contribution in [-0.4, -0.2) is 35.5 Å². The van der Waals surface area contributed by atoms with E-state index in [1.54, 1.807) is 11.3 Å². The summed E-state index contributed by atoms with van der Waals surface area (Å²) < 4.78 is 7.20. The predicted octanol–water partition coefficient (Wildman–Crippen LogP) is 5.75. The fourth-order valence-electron chi connectivity index (χ4n) is 4.15. The average Bonchev–Trinajstić information content (AvgIpc) is 3.28. The van der Waals surface area contributed by atoms with E-state index in [0.717, 1.165) is 46.8 Å². The van der Waals surface area contributed by atoms with Gasteiger partial charge in [0.15, 0.2) is 6.61 Å². The summed E-state index contributed by atoms with van der Waals surface area (Å²) in [5, 5.41) is 1.13. The minimum Gasteiger partial charge on any atom is -0.483 e. The van der Waals surface area contributed by atoms with Crippen LogP contribution >= 0.6 is 11.3 Å². The zero-order valence-corrected chi connectivity index (χ0v) is 18.1. The van der Waals surface area contributed by atoms with E-state index in [4.69, 9.17) is 9.72 Å².